The highest BCUT2D eigenvalue weighted by Crippen LogP contribution is 2.76. The van der Waals surface area contributed by atoms with Crippen molar-refractivity contribution in [3.05, 3.63) is 0 Å². The van der Waals surface area contributed by atoms with Crippen LogP contribution in [-0.4, -0.2) is 247 Å². The van der Waals surface area contributed by atoms with Crippen molar-refractivity contribution in [3.8, 4) is 0 Å². The third kappa shape index (κ3) is 14.5. The van der Waals surface area contributed by atoms with E-state index in [9.17, 15) is 334 Å². The number of thioether (sulfide) groups is 2. The van der Waals surface area contributed by atoms with E-state index in [0.29, 0.717) is 0 Å². The Balaban J connectivity index is 4.02. The molecule has 0 atom stereocenters. The van der Waals surface area contributed by atoms with Crippen LogP contribution in [0.25, 0.3) is 0 Å². The summed E-state index contributed by atoms with van der Waals surface area (Å²) in [5.41, 5.74) is 0. The van der Waals surface area contributed by atoms with Crippen LogP contribution < -0.4 is 0 Å². The van der Waals surface area contributed by atoms with Crippen LogP contribution >= 0.6 is 31.3 Å². The molecule has 0 spiro atoms. The van der Waals surface area contributed by atoms with Crippen LogP contribution in [0.4, 0.5) is 325 Å². The molecule has 744 valence electrons. The van der Waals surface area contributed by atoms with Gasteiger partial charge >= 0.3 is 222 Å². The Morgan fingerprint density at radius 3 is 0.387 bits per heavy atom. The van der Waals surface area contributed by atoms with Crippen LogP contribution in [0.5, 0.6) is 0 Å². The summed E-state index contributed by atoms with van der Waals surface area (Å²) < 4.78 is 1060. The SMILES string of the molecule is O=P1(O)OCC(SCCC(F)(F)C(F)(F)C(F)(F)C(F)(F)C(F)(F)C(F)(F)C(F)(F)C(F)(F)C(F)(F)C(F)(F)C(F)(F)C(F)(F)C(F)(F)C(F)(F)C(F)(F)C(F)(F)C(F)(F)C(F)(F)F)(SCCC(F)(F)C(F)(F)C(F)(F)C(F)(F)C(F)(F)C(F)(F)C(F)(F)C(F)(F)C(F)(F)C(F)(F)C(F)(F)C(F)(F)C(F)(F)C(F)(F)C(F)(F)C(F)(F)C(F)(F)C(F)(F)F)CO1. The molecule has 0 aromatic heterocycles. The molecule has 1 fully saturated rings. The van der Waals surface area contributed by atoms with Gasteiger partial charge in [0.15, 0.2) is 0 Å². The zero-order valence-electron chi connectivity index (χ0n) is 53.6. The van der Waals surface area contributed by atoms with E-state index < -0.39 is 287 Å². The summed E-state index contributed by atoms with van der Waals surface area (Å²) in [4.78, 5) is 9.25. The quantitative estimate of drug-likeness (QED) is 0.0375. The van der Waals surface area contributed by atoms with Crippen LogP contribution in [-0.2, 0) is 13.6 Å². The van der Waals surface area contributed by atoms with Gasteiger partial charge in [0.05, 0.1) is 13.2 Å². The first-order valence-electron chi connectivity index (χ1n) is 27.2. The first-order valence-corrected chi connectivity index (χ1v) is 30.7. The molecule has 0 saturated carbocycles. The van der Waals surface area contributed by atoms with Crippen molar-refractivity contribution in [2.45, 2.75) is 231 Å². The van der Waals surface area contributed by atoms with E-state index in [1.54, 1.807) is 0 Å². The summed E-state index contributed by atoms with van der Waals surface area (Å²) in [5, 5.41) is 0. The third-order valence-corrected chi connectivity index (χ3v) is 19.9. The Labute approximate surface area is 630 Å². The molecular weight excluding hydrogens is 2080 g/mol. The van der Waals surface area contributed by atoms with E-state index in [1.807, 2.05) is 0 Å². The maximum atomic E-state index is 14.9. The lowest BCUT2D eigenvalue weighted by molar-refractivity contribution is -0.493. The molecule has 0 aliphatic carbocycles. The third-order valence-electron chi connectivity index (χ3n) is 15.9. The van der Waals surface area contributed by atoms with Gasteiger partial charge in [0.25, 0.3) is 0 Å². The van der Waals surface area contributed by atoms with Gasteiger partial charge in [-0.25, -0.2) is 4.57 Å². The number of phosphoric acid groups is 1. The average molecular weight is 2090 g/mol. The van der Waals surface area contributed by atoms with Crippen molar-refractivity contribution in [2.75, 3.05) is 24.7 Å². The van der Waals surface area contributed by atoms with Gasteiger partial charge in [-0.15, -0.1) is 23.5 Å². The minimum Gasteiger partial charge on any atom is -0.302 e. The van der Waals surface area contributed by atoms with Gasteiger partial charge in [0.2, 0.25) is 0 Å². The second kappa shape index (κ2) is 30.1. The molecule has 124 heavy (non-hydrogen) atoms. The van der Waals surface area contributed by atoms with Crippen molar-refractivity contribution < 1.29 is 343 Å². The van der Waals surface area contributed by atoms with E-state index in [1.165, 1.54) is 0 Å². The van der Waals surface area contributed by atoms with E-state index in [2.05, 4.69) is 9.05 Å². The van der Waals surface area contributed by atoms with E-state index in [4.69, 9.17) is 0 Å². The van der Waals surface area contributed by atoms with Crippen molar-refractivity contribution in [1.82, 2.24) is 0 Å². The Morgan fingerprint density at radius 1 is 0.185 bits per heavy atom. The zero-order valence-corrected chi connectivity index (χ0v) is 56.2. The van der Waals surface area contributed by atoms with E-state index in [-0.39, 0.29) is 0 Å². The molecule has 0 aromatic carbocycles. The molecule has 1 rings (SSSR count). The first-order chi connectivity index (χ1) is 52.3. The molecule has 1 heterocycles. The molecule has 0 aromatic rings. The predicted octanol–water partition coefficient (Wildman–Crippen LogP) is 25.8. The summed E-state index contributed by atoms with van der Waals surface area (Å²) in [7, 11) is -6.12. The highest BCUT2D eigenvalue weighted by Gasteiger charge is 3.06. The number of hydrogen-bond acceptors (Lipinski definition) is 5. The lowest BCUT2D eigenvalue weighted by atomic mass is 9.82. The summed E-state index contributed by atoms with van der Waals surface area (Å²) in [6, 6.07) is 0. The Bertz CT molecular complexity index is 3590. The maximum absolute atomic E-state index is 14.9. The Kier molecular flexibility index (Phi) is 28.5. The molecular formula is C43H13F74O4PS2. The summed E-state index contributed by atoms with van der Waals surface area (Å²) in [5.74, 6) is -354. The molecule has 0 bridgehead atoms. The lowest BCUT2D eigenvalue weighted by Gasteiger charge is -2.47. The van der Waals surface area contributed by atoms with Gasteiger partial charge in [-0.1, -0.05) is 0 Å². The van der Waals surface area contributed by atoms with Crippen molar-refractivity contribution in [1.29, 1.82) is 0 Å². The highest BCUT2D eigenvalue weighted by atomic mass is 32.2. The smallest absolute Gasteiger partial charge is 0.302 e. The number of alkyl halides is 74. The fraction of sp³-hybridized carbons (Fsp3) is 1.00. The monoisotopic (exact) mass is 2090 g/mol. The van der Waals surface area contributed by atoms with Crippen molar-refractivity contribution in [2.24, 2.45) is 0 Å². The van der Waals surface area contributed by atoms with Gasteiger partial charge in [-0.3, -0.25) is 9.05 Å². The van der Waals surface area contributed by atoms with Crippen LogP contribution in [0.2, 0.25) is 0 Å². The first kappa shape index (κ1) is 118. The second-order valence-corrected chi connectivity index (χ2v) is 28.6. The summed E-state index contributed by atoms with van der Waals surface area (Å²) in [6.45, 7) is -5.14. The van der Waals surface area contributed by atoms with Gasteiger partial charge < -0.3 is 4.89 Å². The molecule has 0 amide bonds. The van der Waals surface area contributed by atoms with Crippen LogP contribution in [0.15, 0.2) is 0 Å². The summed E-state index contributed by atoms with van der Waals surface area (Å²) in [6.07, 6.45) is -25.7. The molecule has 1 aliphatic heterocycles. The van der Waals surface area contributed by atoms with Gasteiger partial charge in [-0.2, -0.15) is 325 Å². The van der Waals surface area contributed by atoms with Crippen molar-refractivity contribution >= 4 is 31.3 Å². The fourth-order valence-electron chi connectivity index (χ4n) is 8.03. The number of halogens is 74. The minimum absolute atomic E-state index is 1.59. The molecule has 1 saturated heterocycles. The lowest BCUT2D eigenvalue weighted by Crippen LogP contribution is -2.80. The molecule has 81 heteroatoms. The zero-order chi connectivity index (χ0) is 102. The molecule has 1 N–H and O–H groups in total. The average Bonchev–Trinajstić information content (AvgIpc) is 0.679. The molecule has 0 radical (unpaired) electrons. The topological polar surface area (TPSA) is 55.8 Å². The molecule has 0 unspecified atom stereocenters. The number of hydrogen-bond donors (Lipinski definition) is 1. The second-order valence-electron chi connectivity index (χ2n) is 23.9. The predicted molar refractivity (Wildman–Crippen MR) is 239 cm³/mol. The Morgan fingerprint density at radius 2 is 0.282 bits per heavy atom. The molecule has 1 aliphatic rings. The highest BCUT2D eigenvalue weighted by molar-refractivity contribution is 8.18. The van der Waals surface area contributed by atoms with Crippen LogP contribution in [0.1, 0.15) is 12.8 Å². The van der Waals surface area contributed by atoms with E-state index >= 15 is 0 Å². The normalized spacial score (nSPS) is 18.7. The van der Waals surface area contributed by atoms with Gasteiger partial charge in [0, 0.05) is 24.3 Å². The van der Waals surface area contributed by atoms with Gasteiger partial charge in [-0.05, 0) is 0 Å². The summed E-state index contributed by atoms with van der Waals surface area (Å²) >= 11 is -3.19. The standard InChI is InChI=1S/C43H13F74O4PS2/c44-8(45,10(48,49)12(52,53)14(56,57)16(60,61)18(64,65)20(68,69)22(72,73)24(76,77)26(80,81)28(84,85)30(88,89)32(92,93)34(96,97)36(100,101)38(104,105)40(108,109)42(112,113)114)1-3-123-7(5-120-122(118,119)121-6-7)124-4-2-9(46,47)11(50,51)13(54,55)15(58,59)17(62,63)19(66,67)21(70,71)23(74,75)25(78,79)27(82,83)29(86,87)31(90,91)33(94,95)35(98,99)37(102,103)39(106,107)41(110,111)43(115,116)117/h1-6H2,(H,118,119). The number of phosphoric ester groups is 1. The molecule has 4 nitrogen and oxygen atoms in total. The Hall–Kier alpha value is -4.37. The van der Waals surface area contributed by atoms with Crippen LogP contribution in [0.3, 0.4) is 0 Å². The van der Waals surface area contributed by atoms with Crippen LogP contribution in [0, 0.1) is 0 Å². The maximum Gasteiger partial charge on any atom is 0.472 e. The van der Waals surface area contributed by atoms with Crippen molar-refractivity contribution in [3.63, 3.8) is 0 Å². The largest absolute Gasteiger partial charge is 0.472 e. The van der Waals surface area contributed by atoms with E-state index in [0.717, 1.165) is 0 Å². The number of rotatable bonds is 40. The fourth-order valence-corrected chi connectivity index (χ4v) is 12.1. The van der Waals surface area contributed by atoms with Gasteiger partial charge in [0.1, 0.15) is 4.08 Å². The minimum atomic E-state index is -10.9.